The van der Waals surface area contributed by atoms with Gasteiger partial charge in [0.25, 0.3) is 0 Å². The molecule has 0 saturated heterocycles. The Hall–Kier alpha value is -1.11. The van der Waals surface area contributed by atoms with Crippen LogP contribution in [0.3, 0.4) is 0 Å². The normalized spacial score (nSPS) is 13.1. The van der Waals surface area contributed by atoms with Gasteiger partial charge in [-0.3, -0.25) is 4.79 Å². The lowest BCUT2D eigenvalue weighted by Crippen LogP contribution is -2.41. The number of rotatable bonds is 7. The Bertz CT molecular complexity index is 349. The van der Waals surface area contributed by atoms with Crippen LogP contribution >= 0.6 is 0 Å². The number of carbonyl (C=O) groups excluding carboxylic acids is 1. The number of carbonyl (C=O) groups is 2. The van der Waals surface area contributed by atoms with Crippen LogP contribution in [0.5, 0.6) is 0 Å². The molecule has 0 unspecified atom stereocenters. The third kappa shape index (κ3) is 7.22. The summed E-state index contributed by atoms with van der Waals surface area (Å²) >= 11 is 0. The summed E-state index contributed by atoms with van der Waals surface area (Å²) in [4.78, 5) is 21.9. The second-order valence-corrected chi connectivity index (χ2v) is 5.89. The van der Waals surface area contributed by atoms with Crippen molar-refractivity contribution in [2.45, 2.75) is 32.2 Å². The SMILES string of the molecule is CCC[C@@H](NC(=O)CCS(C)(=O)=O)C(=O)O. The highest BCUT2D eigenvalue weighted by Gasteiger charge is 2.19. The van der Waals surface area contributed by atoms with Crippen LogP contribution in [0.4, 0.5) is 0 Å². The van der Waals surface area contributed by atoms with Crippen molar-refractivity contribution < 1.29 is 23.1 Å². The lowest BCUT2D eigenvalue weighted by Gasteiger charge is -2.12. The van der Waals surface area contributed by atoms with Crippen LogP contribution in [-0.4, -0.2) is 43.5 Å². The van der Waals surface area contributed by atoms with E-state index < -0.39 is 27.8 Å². The van der Waals surface area contributed by atoms with Crippen LogP contribution in [0.2, 0.25) is 0 Å². The molecule has 0 spiro atoms. The Morgan fingerprint density at radius 2 is 1.94 bits per heavy atom. The van der Waals surface area contributed by atoms with Crippen LogP contribution in [0.25, 0.3) is 0 Å². The van der Waals surface area contributed by atoms with Crippen LogP contribution in [0.1, 0.15) is 26.2 Å². The molecule has 0 heterocycles. The first-order chi connectivity index (χ1) is 7.26. The van der Waals surface area contributed by atoms with Crippen molar-refractivity contribution in [2.75, 3.05) is 12.0 Å². The van der Waals surface area contributed by atoms with E-state index in [1.54, 1.807) is 6.92 Å². The van der Waals surface area contributed by atoms with Gasteiger partial charge in [-0.2, -0.15) is 0 Å². The summed E-state index contributed by atoms with van der Waals surface area (Å²) in [5, 5.41) is 11.0. The number of hydrogen-bond acceptors (Lipinski definition) is 4. The van der Waals surface area contributed by atoms with Gasteiger partial charge >= 0.3 is 5.97 Å². The molecule has 0 saturated carbocycles. The fourth-order valence-corrected chi connectivity index (χ4v) is 1.65. The summed E-state index contributed by atoms with van der Waals surface area (Å²) in [5.74, 6) is -1.92. The minimum Gasteiger partial charge on any atom is -0.480 e. The largest absolute Gasteiger partial charge is 0.480 e. The fourth-order valence-electron chi connectivity index (χ4n) is 1.09. The number of sulfone groups is 1. The van der Waals surface area contributed by atoms with E-state index in [-0.39, 0.29) is 12.2 Å². The van der Waals surface area contributed by atoms with Crippen molar-refractivity contribution in [1.29, 1.82) is 0 Å². The summed E-state index contributed by atoms with van der Waals surface area (Å²) in [5.41, 5.74) is 0. The zero-order valence-corrected chi connectivity index (χ0v) is 10.2. The summed E-state index contributed by atoms with van der Waals surface area (Å²) in [6, 6.07) is -0.933. The number of hydrogen-bond donors (Lipinski definition) is 2. The number of carboxylic acids is 1. The third-order valence-electron chi connectivity index (χ3n) is 1.91. The maximum atomic E-state index is 11.2. The van der Waals surface area contributed by atoms with E-state index in [9.17, 15) is 18.0 Å². The van der Waals surface area contributed by atoms with Crippen LogP contribution in [0, 0.1) is 0 Å². The number of amides is 1. The number of nitrogens with one attached hydrogen (secondary N) is 1. The highest BCUT2D eigenvalue weighted by molar-refractivity contribution is 7.90. The summed E-state index contributed by atoms with van der Waals surface area (Å²) < 4.78 is 21.6. The molecular weight excluding hydrogens is 234 g/mol. The molecule has 2 N–H and O–H groups in total. The molecule has 0 rings (SSSR count). The Morgan fingerprint density at radius 1 is 1.38 bits per heavy atom. The molecule has 1 atom stereocenters. The standard InChI is InChI=1S/C9H17NO5S/c1-3-4-7(9(12)13)10-8(11)5-6-16(2,14)15/h7H,3-6H2,1-2H3,(H,10,11)(H,12,13)/t7-/m1/s1. The summed E-state index contributed by atoms with van der Waals surface area (Å²) in [7, 11) is -3.20. The van der Waals surface area contributed by atoms with E-state index in [2.05, 4.69) is 5.32 Å². The van der Waals surface area contributed by atoms with Crippen molar-refractivity contribution in [2.24, 2.45) is 0 Å². The van der Waals surface area contributed by atoms with Gasteiger partial charge in [-0.05, 0) is 6.42 Å². The monoisotopic (exact) mass is 251 g/mol. The van der Waals surface area contributed by atoms with E-state index in [0.29, 0.717) is 12.8 Å². The van der Waals surface area contributed by atoms with Crippen molar-refractivity contribution >= 4 is 21.7 Å². The van der Waals surface area contributed by atoms with E-state index >= 15 is 0 Å². The predicted molar refractivity (Wildman–Crippen MR) is 58.8 cm³/mol. The van der Waals surface area contributed by atoms with Gasteiger partial charge in [-0.1, -0.05) is 13.3 Å². The minimum absolute atomic E-state index is 0.202. The topological polar surface area (TPSA) is 101 Å². The van der Waals surface area contributed by atoms with E-state index in [4.69, 9.17) is 5.11 Å². The average Bonchev–Trinajstić information content (AvgIpc) is 2.13. The molecule has 1 amide bonds. The second kappa shape index (κ2) is 6.47. The van der Waals surface area contributed by atoms with E-state index in [1.807, 2.05) is 0 Å². The Balaban J connectivity index is 4.15. The van der Waals surface area contributed by atoms with Gasteiger partial charge in [0.2, 0.25) is 5.91 Å². The molecule has 0 fully saturated rings. The van der Waals surface area contributed by atoms with Gasteiger partial charge in [0, 0.05) is 12.7 Å². The molecule has 0 bridgehead atoms. The Morgan fingerprint density at radius 3 is 2.31 bits per heavy atom. The highest BCUT2D eigenvalue weighted by atomic mass is 32.2. The van der Waals surface area contributed by atoms with Gasteiger partial charge in [0.1, 0.15) is 15.9 Å². The first kappa shape index (κ1) is 14.9. The first-order valence-corrected chi connectivity index (χ1v) is 7.02. The maximum Gasteiger partial charge on any atom is 0.326 e. The molecule has 6 nitrogen and oxygen atoms in total. The quantitative estimate of drug-likeness (QED) is 0.652. The van der Waals surface area contributed by atoms with Crippen LogP contribution in [0.15, 0.2) is 0 Å². The molecule has 0 aliphatic heterocycles. The Kier molecular flexibility index (Phi) is 6.02. The first-order valence-electron chi connectivity index (χ1n) is 4.96. The predicted octanol–water partition coefficient (Wildman–Crippen LogP) is -0.209. The third-order valence-corrected chi connectivity index (χ3v) is 2.86. The lowest BCUT2D eigenvalue weighted by atomic mass is 10.1. The molecule has 0 aliphatic carbocycles. The van der Waals surface area contributed by atoms with Crippen molar-refractivity contribution in [1.82, 2.24) is 5.32 Å². The fraction of sp³-hybridized carbons (Fsp3) is 0.778. The van der Waals surface area contributed by atoms with Crippen molar-refractivity contribution in [3.05, 3.63) is 0 Å². The van der Waals surface area contributed by atoms with Gasteiger partial charge in [-0.25, -0.2) is 13.2 Å². The number of aliphatic carboxylic acids is 1. The maximum absolute atomic E-state index is 11.2. The zero-order chi connectivity index (χ0) is 12.8. The zero-order valence-electron chi connectivity index (χ0n) is 9.39. The lowest BCUT2D eigenvalue weighted by molar-refractivity contribution is -0.142. The molecule has 0 aliphatic rings. The second-order valence-electron chi connectivity index (χ2n) is 3.63. The van der Waals surface area contributed by atoms with Gasteiger partial charge in [0.15, 0.2) is 0 Å². The molecule has 0 aromatic carbocycles. The van der Waals surface area contributed by atoms with Gasteiger partial charge < -0.3 is 10.4 Å². The van der Waals surface area contributed by atoms with E-state index in [0.717, 1.165) is 6.26 Å². The summed E-state index contributed by atoms with van der Waals surface area (Å²) in [6.07, 6.45) is 1.79. The molecule has 94 valence electrons. The van der Waals surface area contributed by atoms with Gasteiger partial charge in [-0.15, -0.1) is 0 Å². The smallest absolute Gasteiger partial charge is 0.326 e. The molecule has 16 heavy (non-hydrogen) atoms. The number of carboxylic acid groups (broad SMARTS) is 1. The molecular formula is C9H17NO5S. The average molecular weight is 251 g/mol. The molecule has 0 aromatic heterocycles. The van der Waals surface area contributed by atoms with Crippen molar-refractivity contribution in [3.63, 3.8) is 0 Å². The minimum atomic E-state index is -3.20. The van der Waals surface area contributed by atoms with Gasteiger partial charge in [0.05, 0.1) is 5.75 Å². The van der Waals surface area contributed by atoms with E-state index in [1.165, 1.54) is 0 Å². The Labute approximate surface area is 95.0 Å². The van der Waals surface area contributed by atoms with Crippen LogP contribution < -0.4 is 5.32 Å². The summed E-state index contributed by atoms with van der Waals surface area (Å²) in [6.45, 7) is 1.80. The van der Waals surface area contributed by atoms with Crippen molar-refractivity contribution in [3.8, 4) is 0 Å². The highest BCUT2D eigenvalue weighted by Crippen LogP contribution is 1.98. The molecule has 0 aromatic rings. The molecule has 7 heteroatoms. The van der Waals surface area contributed by atoms with Crippen LogP contribution in [-0.2, 0) is 19.4 Å². The molecule has 0 radical (unpaired) electrons.